The monoisotopic (exact) mass is 289 g/mol. The molecule has 4 nitrogen and oxygen atoms in total. The average molecular weight is 289 g/mol. The molecule has 0 saturated carbocycles. The molecule has 0 fully saturated rings. The maximum absolute atomic E-state index is 12.1. The molecular weight excluding hydrogens is 270 g/mol. The number of nitrogens with zero attached hydrogens (tertiary/aromatic N) is 1. The van der Waals surface area contributed by atoms with Gasteiger partial charge in [-0.2, -0.15) is 0 Å². The summed E-state index contributed by atoms with van der Waals surface area (Å²) in [6, 6.07) is 6.10. The second-order valence-electron chi connectivity index (χ2n) is 4.93. The fraction of sp³-hybridized carbons (Fsp3) is 0.333. The summed E-state index contributed by atoms with van der Waals surface area (Å²) in [5.74, 6) is 0.713. The van der Waals surface area contributed by atoms with Gasteiger partial charge in [0.1, 0.15) is 0 Å². The first kappa shape index (κ1) is 14.7. The van der Waals surface area contributed by atoms with Crippen molar-refractivity contribution in [2.45, 2.75) is 31.8 Å². The van der Waals surface area contributed by atoms with Crippen molar-refractivity contribution in [3.05, 3.63) is 41.7 Å². The Bertz CT molecular complexity index is 579. The van der Waals surface area contributed by atoms with Gasteiger partial charge in [-0.05, 0) is 24.0 Å². The lowest BCUT2D eigenvalue weighted by atomic mass is 9.98. The van der Waals surface area contributed by atoms with E-state index in [1.54, 1.807) is 12.4 Å². The van der Waals surface area contributed by atoms with Crippen LogP contribution in [0.15, 0.2) is 35.7 Å². The van der Waals surface area contributed by atoms with Gasteiger partial charge in [0.25, 0.3) is 0 Å². The second kappa shape index (κ2) is 6.61. The Kier molecular flexibility index (Phi) is 4.84. The maximum Gasteiger partial charge on any atom is 0.234 e. The Morgan fingerprint density at radius 3 is 2.90 bits per heavy atom. The van der Waals surface area contributed by atoms with Crippen LogP contribution in [-0.2, 0) is 4.79 Å². The zero-order valence-electron chi connectivity index (χ0n) is 11.9. The molecule has 1 heterocycles. The Labute approximate surface area is 123 Å². The molecule has 0 unspecified atom stereocenters. The maximum atomic E-state index is 12.1. The van der Waals surface area contributed by atoms with Gasteiger partial charge in [-0.15, -0.1) is 0 Å². The quantitative estimate of drug-likeness (QED) is 0.827. The number of thioether (sulfide) groups is 1. The lowest BCUT2D eigenvalue weighted by Gasteiger charge is -2.16. The highest BCUT2D eigenvalue weighted by Gasteiger charge is 2.12. The summed E-state index contributed by atoms with van der Waals surface area (Å²) in [6.45, 7) is 6.27. The fourth-order valence-electron chi connectivity index (χ4n) is 1.98. The van der Waals surface area contributed by atoms with Crippen LogP contribution < -0.4 is 5.32 Å². The zero-order chi connectivity index (χ0) is 14.5. The first-order valence-electron chi connectivity index (χ1n) is 6.59. The molecule has 0 saturated heterocycles. The number of amides is 1. The van der Waals surface area contributed by atoms with Gasteiger partial charge in [0.2, 0.25) is 5.91 Å². The van der Waals surface area contributed by atoms with Gasteiger partial charge in [0.15, 0.2) is 5.16 Å². The van der Waals surface area contributed by atoms with Gasteiger partial charge < -0.3 is 10.3 Å². The number of carbonyl (C=O) groups is 1. The smallest absolute Gasteiger partial charge is 0.234 e. The lowest BCUT2D eigenvalue weighted by molar-refractivity contribution is -0.113. The molecule has 1 amide bonds. The Morgan fingerprint density at radius 1 is 1.45 bits per heavy atom. The fourth-order valence-corrected chi connectivity index (χ4v) is 2.61. The molecule has 0 aliphatic carbocycles. The summed E-state index contributed by atoms with van der Waals surface area (Å²) < 4.78 is 0. The van der Waals surface area contributed by atoms with Crippen molar-refractivity contribution in [1.82, 2.24) is 9.97 Å². The van der Waals surface area contributed by atoms with E-state index in [-0.39, 0.29) is 5.91 Å². The van der Waals surface area contributed by atoms with Crippen LogP contribution in [0.25, 0.3) is 0 Å². The molecule has 2 N–H and O–H groups in total. The van der Waals surface area contributed by atoms with E-state index in [4.69, 9.17) is 0 Å². The molecular formula is C15H19N3OS. The molecule has 2 aromatic rings. The summed E-state index contributed by atoms with van der Waals surface area (Å²) in [6.07, 6.45) is 3.43. The second-order valence-corrected chi connectivity index (χ2v) is 5.89. The van der Waals surface area contributed by atoms with Crippen LogP contribution in [0.4, 0.5) is 5.69 Å². The number of rotatable bonds is 5. The number of hydrogen-bond donors (Lipinski definition) is 2. The predicted molar refractivity (Wildman–Crippen MR) is 83.2 cm³/mol. The number of imidazole rings is 1. The molecule has 20 heavy (non-hydrogen) atoms. The minimum atomic E-state index is -0.0115. The number of nitrogens with one attached hydrogen (secondary N) is 2. The minimum Gasteiger partial charge on any atom is -0.340 e. The van der Waals surface area contributed by atoms with Crippen LogP contribution in [0.3, 0.4) is 0 Å². The largest absolute Gasteiger partial charge is 0.340 e. The Hall–Kier alpha value is -1.75. The third-order valence-electron chi connectivity index (χ3n) is 3.00. The molecule has 5 heteroatoms. The van der Waals surface area contributed by atoms with E-state index in [0.29, 0.717) is 11.7 Å². The van der Waals surface area contributed by atoms with Crippen molar-refractivity contribution < 1.29 is 4.79 Å². The van der Waals surface area contributed by atoms with Crippen LogP contribution in [0.2, 0.25) is 0 Å². The van der Waals surface area contributed by atoms with Crippen molar-refractivity contribution in [2.24, 2.45) is 0 Å². The minimum absolute atomic E-state index is 0.0115. The van der Waals surface area contributed by atoms with Crippen molar-refractivity contribution in [3.8, 4) is 0 Å². The van der Waals surface area contributed by atoms with Crippen LogP contribution in [0.5, 0.6) is 0 Å². The van der Waals surface area contributed by atoms with Gasteiger partial charge in [-0.1, -0.05) is 43.8 Å². The first-order valence-corrected chi connectivity index (χ1v) is 7.58. The van der Waals surface area contributed by atoms with E-state index in [2.05, 4.69) is 35.2 Å². The third-order valence-corrected chi connectivity index (χ3v) is 3.91. The molecule has 1 aromatic carbocycles. The number of carbonyl (C=O) groups excluding carboxylic acids is 1. The van der Waals surface area contributed by atoms with E-state index < -0.39 is 0 Å². The standard InChI is InChI=1S/C15H19N3OS/c1-10(2)12-6-4-5-11(3)14(12)18-13(19)9-20-15-16-7-8-17-15/h4-8,10H,9H2,1-3H3,(H,16,17)(H,18,19). The van der Waals surface area contributed by atoms with Crippen molar-refractivity contribution >= 4 is 23.4 Å². The number of aryl methyl sites for hydroxylation is 1. The van der Waals surface area contributed by atoms with Gasteiger partial charge in [0, 0.05) is 18.1 Å². The van der Waals surface area contributed by atoms with Gasteiger partial charge >= 0.3 is 0 Å². The summed E-state index contributed by atoms with van der Waals surface area (Å²) in [7, 11) is 0. The van der Waals surface area contributed by atoms with Crippen LogP contribution >= 0.6 is 11.8 Å². The zero-order valence-corrected chi connectivity index (χ0v) is 12.8. The van der Waals surface area contributed by atoms with Gasteiger partial charge in [0.05, 0.1) is 5.75 Å². The third kappa shape index (κ3) is 3.63. The molecule has 0 aliphatic heterocycles. The number of para-hydroxylation sites is 1. The average Bonchev–Trinajstić information content (AvgIpc) is 2.91. The van der Waals surface area contributed by atoms with Crippen molar-refractivity contribution in [3.63, 3.8) is 0 Å². The SMILES string of the molecule is Cc1cccc(C(C)C)c1NC(=O)CSc1ncc[nH]1. The van der Waals surface area contributed by atoms with Crippen LogP contribution in [0.1, 0.15) is 30.9 Å². The van der Waals surface area contributed by atoms with E-state index in [9.17, 15) is 4.79 Å². The van der Waals surface area contributed by atoms with E-state index in [0.717, 1.165) is 16.4 Å². The summed E-state index contributed by atoms with van der Waals surface area (Å²) in [4.78, 5) is 19.1. The van der Waals surface area contributed by atoms with Crippen LogP contribution in [0, 0.1) is 6.92 Å². The molecule has 0 bridgehead atoms. The number of aromatic amines is 1. The normalized spacial score (nSPS) is 10.8. The molecule has 0 spiro atoms. The van der Waals surface area contributed by atoms with Crippen molar-refractivity contribution in [1.29, 1.82) is 0 Å². The summed E-state index contributed by atoms with van der Waals surface area (Å²) in [5.41, 5.74) is 3.20. The topological polar surface area (TPSA) is 57.8 Å². The van der Waals surface area contributed by atoms with Gasteiger partial charge in [-0.3, -0.25) is 4.79 Å². The highest BCUT2D eigenvalue weighted by molar-refractivity contribution is 7.99. The number of H-pyrrole nitrogens is 1. The van der Waals surface area contributed by atoms with E-state index in [1.807, 2.05) is 19.1 Å². The molecule has 0 radical (unpaired) electrons. The van der Waals surface area contributed by atoms with Crippen LogP contribution in [-0.4, -0.2) is 21.6 Å². The van der Waals surface area contributed by atoms with E-state index in [1.165, 1.54) is 17.3 Å². The Balaban J connectivity index is 2.04. The van der Waals surface area contributed by atoms with E-state index >= 15 is 0 Å². The summed E-state index contributed by atoms with van der Waals surface area (Å²) >= 11 is 1.40. The molecule has 0 atom stereocenters. The summed E-state index contributed by atoms with van der Waals surface area (Å²) in [5, 5.41) is 3.78. The number of anilines is 1. The highest BCUT2D eigenvalue weighted by atomic mass is 32.2. The molecule has 2 rings (SSSR count). The number of benzene rings is 1. The molecule has 0 aliphatic rings. The molecule has 1 aromatic heterocycles. The highest BCUT2D eigenvalue weighted by Crippen LogP contribution is 2.27. The Morgan fingerprint density at radius 2 is 2.25 bits per heavy atom. The number of hydrogen-bond acceptors (Lipinski definition) is 3. The van der Waals surface area contributed by atoms with Crippen molar-refractivity contribution in [2.75, 3.05) is 11.1 Å². The first-order chi connectivity index (χ1) is 9.58. The number of aromatic nitrogens is 2. The predicted octanol–water partition coefficient (Wildman–Crippen LogP) is 3.57. The lowest BCUT2D eigenvalue weighted by Crippen LogP contribution is -2.16. The molecule has 106 valence electrons. The van der Waals surface area contributed by atoms with Gasteiger partial charge in [-0.25, -0.2) is 4.98 Å².